The van der Waals surface area contributed by atoms with Gasteiger partial charge in [0.2, 0.25) is 5.95 Å². The maximum atomic E-state index is 9.94. The van der Waals surface area contributed by atoms with E-state index in [2.05, 4.69) is 9.97 Å². The molecule has 0 atom stereocenters. The number of benzene rings is 1. The van der Waals surface area contributed by atoms with Gasteiger partial charge in [-0.2, -0.15) is 10.2 Å². The first-order valence-corrected chi connectivity index (χ1v) is 6.34. The van der Waals surface area contributed by atoms with E-state index >= 15 is 0 Å². The molecule has 0 aliphatic carbocycles. The highest BCUT2D eigenvalue weighted by molar-refractivity contribution is 6.17. The van der Waals surface area contributed by atoms with Crippen LogP contribution >= 0.6 is 11.6 Å². The molecule has 0 bridgehead atoms. The summed E-state index contributed by atoms with van der Waals surface area (Å²) in [5.74, 6) is 0.140. The average Bonchev–Trinajstić information content (AvgIpc) is 2.46. The van der Waals surface area contributed by atoms with Crippen molar-refractivity contribution in [3.63, 3.8) is 0 Å². The quantitative estimate of drug-likeness (QED) is 0.734. The summed E-state index contributed by atoms with van der Waals surface area (Å²) in [6.45, 7) is 0. The monoisotopic (exact) mass is 305 g/mol. The van der Waals surface area contributed by atoms with Crippen molar-refractivity contribution in [2.24, 2.45) is 0 Å². The Balaban J connectivity index is 2.76. The molecule has 1 heterocycles. The van der Waals surface area contributed by atoms with Gasteiger partial charge in [0.1, 0.15) is 17.5 Å². The van der Waals surface area contributed by atoms with Gasteiger partial charge in [0.15, 0.2) is 11.5 Å². The molecule has 0 saturated carbocycles. The molecule has 2 rings (SSSR count). The van der Waals surface area contributed by atoms with Crippen LogP contribution in [-0.2, 0) is 5.88 Å². The number of nitrogens with zero attached hydrogens (tertiary/aromatic N) is 3. The molecule has 0 aliphatic rings. The number of aromatic nitrogens is 2. The van der Waals surface area contributed by atoms with Gasteiger partial charge in [0.25, 0.3) is 0 Å². The number of nitrogens with two attached hydrogens (primary N) is 2. The molecule has 1 aromatic carbocycles. The summed E-state index contributed by atoms with van der Waals surface area (Å²) in [5, 5.41) is 19.1. The zero-order valence-electron chi connectivity index (χ0n) is 11.1. The first kappa shape index (κ1) is 14.7. The van der Waals surface area contributed by atoms with Crippen molar-refractivity contribution < 1.29 is 9.84 Å². The van der Waals surface area contributed by atoms with Gasteiger partial charge in [-0.3, -0.25) is 0 Å². The molecule has 0 aliphatic heterocycles. The Morgan fingerprint density at radius 2 is 2.10 bits per heavy atom. The molecule has 0 fully saturated rings. The normalized spacial score (nSPS) is 10.1. The third kappa shape index (κ3) is 2.61. The Kier molecular flexibility index (Phi) is 4.00. The van der Waals surface area contributed by atoms with E-state index in [1.54, 1.807) is 6.07 Å². The third-order valence-electron chi connectivity index (χ3n) is 2.86. The second kappa shape index (κ2) is 5.73. The van der Waals surface area contributed by atoms with Crippen molar-refractivity contribution in [1.82, 2.24) is 9.97 Å². The predicted molar refractivity (Wildman–Crippen MR) is 78.8 cm³/mol. The fourth-order valence-corrected chi connectivity index (χ4v) is 2.08. The maximum Gasteiger partial charge on any atom is 0.222 e. The Morgan fingerprint density at radius 3 is 2.67 bits per heavy atom. The van der Waals surface area contributed by atoms with E-state index in [9.17, 15) is 10.4 Å². The highest BCUT2D eigenvalue weighted by atomic mass is 35.5. The molecule has 7 nitrogen and oxygen atoms in total. The lowest BCUT2D eigenvalue weighted by molar-refractivity contribution is 0.371. The molecule has 108 valence electrons. The van der Waals surface area contributed by atoms with E-state index in [0.717, 1.165) is 0 Å². The van der Waals surface area contributed by atoms with E-state index in [4.69, 9.17) is 27.8 Å². The van der Waals surface area contributed by atoms with Crippen LogP contribution in [0.15, 0.2) is 12.1 Å². The lowest BCUT2D eigenvalue weighted by Gasteiger charge is -2.12. The van der Waals surface area contributed by atoms with Gasteiger partial charge in [0.05, 0.1) is 18.7 Å². The summed E-state index contributed by atoms with van der Waals surface area (Å²) in [6.07, 6.45) is 0. The van der Waals surface area contributed by atoms with Gasteiger partial charge in [-0.05, 0) is 12.1 Å². The minimum atomic E-state index is -0.0650. The zero-order valence-corrected chi connectivity index (χ0v) is 11.8. The van der Waals surface area contributed by atoms with Crippen molar-refractivity contribution in [2.75, 3.05) is 18.6 Å². The first-order chi connectivity index (χ1) is 10.0. The molecule has 0 amide bonds. The summed E-state index contributed by atoms with van der Waals surface area (Å²) in [4.78, 5) is 7.79. The number of nitrogen functional groups attached to an aromatic ring is 2. The number of aromatic hydroxyl groups is 1. The van der Waals surface area contributed by atoms with Crippen LogP contribution in [-0.4, -0.2) is 22.2 Å². The highest BCUT2D eigenvalue weighted by Gasteiger charge is 2.17. The molecule has 0 saturated heterocycles. The van der Waals surface area contributed by atoms with Crippen LogP contribution < -0.4 is 16.2 Å². The number of ether oxygens (including phenoxy) is 1. The number of anilines is 2. The number of alkyl halides is 1. The Morgan fingerprint density at radius 1 is 1.38 bits per heavy atom. The second-order valence-electron chi connectivity index (χ2n) is 4.12. The molecule has 1 aromatic heterocycles. The van der Waals surface area contributed by atoms with Crippen LogP contribution in [0.25, 0.3) is 11.3 Å². The molecule has 21 heavy (non-hydrogen) atoms. The standard InChI is InChI=1S/C13H12ClN5O2/c1-21-9-3-6(2-7(4-14)11(9)20)10-8(5-15)12(16)19-13(17)18-10/h2-3,20H,4H2,1H3,(H4,16,17,18,19). The van der Waals surface area contributed by atoms with Crippen LogP contribution in [0.3, 0.4) is 0 Å². The molecule has 0 unspecified atom stereocenters. The SMILES string of the molecule is COc1cc(-c2nc(N)nc(N)c2C#N)cc(CCl)c1O. The summed E-state index contributed by atoms with van der Waals surface area (Å²) in [6, 6.07) is 5.05. The van der Waals surface area contributed by atoms with Crippen LogP contribution in [0.2, 0.25) is 0 Å². The van der Waals surface area contributed by atoms with Crippen molar-refractivity contribution in [1.29, 1.82) is 5.26 Å². The number of hydrogen-bond acceptors (Lipinski definition) is 7. The summed E-state index contributed by atoms with van der Waals surface area (Å²) in [7, 11) is 1.41. The van der Waals surface area contributed by atoms with Crippen LogP contribution in [0, 0.1) is 11.3 Å². The summed E-state index contributed by atoms with van der Waals surface area (Å²) < 4.78 is 5.09. The van der Waals surface area contributed by atoms with Crippen LogP contribution in [0.1, 0.15) is 11.1 Å². The van der Waals surface area contributed by atoms with Crippen molar-refractivity contribution in [3.8, 4) is 28.8 Å². The fraction of sp³-hybridized carbons (Fsp3) is 0.154. The lowest BCUT2D eigenvalue weighted by atomic mass is 10.0. The topological polar surface area (TPSA) is 131 Å². The van der Waals surface area contributed by atoms with Gasteiger partial charge in [-0.25, -0.2) is 4.98 Å². The average molecular weight is 306 g/mol. The van der Waals surface area contributed by atoms with E-state index < -0.39 is 0 Å². The second-order valence-corrected chi connectivity index (χ2v) is 4.39. The lowest BCUT2D eigenvalue weighted by Crippen LogP contribution is -2.05. The van der Waals surface area contributed by atoms with Gasteiger partial charge in [-0.15, -0.1) is 11.6 Å². The molecular formula is C13H12ClN5O2. The van der Waals surface area contributed by atoms with Crippen LogP contribution in [0.4, 0.5) is 11.8 Å². The van der Waals surface area contributed by atoms with Crippen LogP contribution in [0.5, 0.6) is 11.5 Å². The van der Waals surface area contributed by atoms with E-state index in [-0.39, 0.29) is 40.4 Å². The Bertz CT molecular complexity index is 717. The Hall–Kier alpha value is -2.72. The first-order valence-electron chi connectivity index (χ1n) is 5.81. The van der Waals surface area contributed by atoms with E-state index in [1.807, 2.05) is 6.07 Å². The molecule has 5 N–H and O–H groups in total. The predicted octanol–water partition coefficient (Wildman–Crippen LogP) is 1.63. The van der Waals surface area contributed by atoms with Crippen molar-refractivity contribution in [3.05, 3.63) is 23.3 Å². The van der Waals surface area contributed by atoms with E-state index in [1.165, 1.54) is 13.2 Å². The van der Waals surface area contributed by atoms with Crippen molar-refractivity contribution in [2.45, 2.75) is 5.88 Å². The number of hydrogen-bond donors (Lipinski definition) is 3. The van der Waals surface area contributed by atoms with Crippen molar-refractivity contribution >= 4 is 23.4 Å². The van der Waals surface area contributed by atoms with Gasteiger partial charge >= 0.3 is 0 Å². The molecule has 8 heteroatoms. The van der Waals surface area contributed by atoms with E-state index in [0.29, 0.717) is 11.1 Å². The number of methoxy groups -OCH3 is 1. The molecular weight excluding hydrogens is 294 g/mol. The number of nitriles is 1. The van der Waals surface area contributed by atoms with Gasteiger partial charge < -0.3 is 21.3 Å². The zero-order chi connectivity index (χ0) is 15.6. The summed E-state index contributed by atoms with van der Waals surface area (Å²) >= 11 is 5.79. The molecule has 0 spiro atoms. The summed E-state index contributed by atoms with van der Waals surface area (Å²) in [5.41, 5.74) is 12.5. The Labute approximate surface area is 125 Å². The van der Waals surface area contributed by atoms with Gasteiger partial charge in [-0.1, -0.05) is 0 Å². The molecule has 0 radical (unpaired) electrons. The highest BCUT2D eigenvalue weighted by Crippen LogP contribution is 2.37. The third-order valence-corrected chi connectivity index (χ3v) is 3.15. The number of halogens is 1. The fourth-order valence-electron chi connectivity index (χ4n) is 1.87. The minimum absolute atomic E-state index is 0.0144. The van der Waals surface area contributed by atoms with Gasteiger partial charge in [0, 0.05) is 11.1 Å². The number of rotatable bonds is 3. The maximum absolute atomic E-state index is 9.94. The largest absolute Gasteiger partial charge is 0.504 e. The minimum Gasteiger partial charge on any atom is -0.504 e. The smallest absolute Gasteiger partial charge is 0.222 e. The number of phenols is 1. The number of phenolic OH excluding ortho intramolecular Hbond substituents is 1. The molecule has 2 aromatic rings.